The van der Waals surface area contributed by atoms with Gasteiger partial charge in [0, 0.05) is 58.0 Å². The second-order valence-electron chi connectivity index (χ2n) is 6.98. The van der Waals surface area contributed by atoms with Crippen molar-refractivity contribution in [3.05, 3.63) is 29.8 Å². The van der Waals surface area contributed by atoms with Crippen molar-refractivity contribution in [1.82, 2.24) is 15.1 Å². The van der Waals surface area contributed by atoms with Crippen LogP contribution in [0, 0.1) is 0 Å². The summed E-state index contributed by atoms with van der Waals surface area (Å²) in [7, 11) is 1.87. The predicted octanol–water partition coefficient (Wildman–Crippen LogP) is 1.41. The molecule has 2 aliphatic rings. The van der Waals surface area contributed by atoms with Gasteiger partial charge >= 0.3 is 6.03 Å². The summed E-state index contributed by atoms with van der Waals surface area (Å²) < 4.78 is 5.35. The highest BCUT2D eigenvalue weighted by Crippen LogP contribution is 2.28. The Kier molecular flexibility index (Phi) is 6.15. The van der Waals surface area contributed by atoms with Gasteiger partial charge in [-0.05, 0) is 25.0 Å². The van der Waals surface area contributed by atoms with Crippen LogP contribution < -0.4 is 10.2 Å². The maximum Gasteiger partial charge on any atom is 0.317 e. The highest BCUT2D eigenvalue weighted by atomic mass is 16.5. The number of amides is 2. The number of rotatable bonds is 6. The number of ether oxygens (including phenoxy) is 1. The monoisotopic (exact) mass is 346 g/mol. The van der Waals surface area contributed by atoms with E-state index >= 15 is 0 Å². The summed E-state index contributed by atoms with van der Waals surface area (Å²) in [6.07, 6.45) is 1.09. The van der Waals surface area contributed by atoms with Crippen LogP contribution in [0.15, 0.2) is 24.3 Å². The number of nitrogens with one attached hydrogen (secondary N) is 1. The Hall–Kier alpha value is -1.79. The van der Waals surface area contributed by atoms with Gasteiger partial charge < -0.3 is 19.9 Å². The van der Waals surface area contributed by atoms with Crippen molar-refractivity contribution >= 4 is 11.7 Å². The van der Waals surface area contributed by atoms with Crippen LogP contribution in [-0.4, -0.2) is 81.4 Å². The lowest BCUT2D eigenvalue weighted by Gasteiger charge is -2.30. The van der Waals surface area contributed by atoms with Gasteiger partial charge in [0.15, 0.2) is 0 Å². The van der Waals surface area contributed by atoms with E-state index in [2.05, 4.69) is 46.3 Å². The standard InChI is InChI=1S/C19H30N4O2/c1-16(23-8-7-17-5-3-4-6-18(17)23)15-20-19(24)21(2)9-10-22-11-13-25-14-12-22/h3-6,16H,7-15H2,1-2H3,(H,20,24)/t16-/m0/s1. The molecule has 0 spiro atoms. The molecule has 1 fully saturated rings. The zero-order chi connectivity index (χ0) is 17.6. The van der Waals surface area contributed by atoms with Crippen molar-refractivity contribution in [3.63, 3.8) is 0 Å². The van der Waals surface area contributed by atoms with Crippen LogP contribution in [0.2, 0.25) is 0 Å². The molecule has 1 N–H and O–H groups in total. The predicted molar refractivity (Wildman–Crippen MR) is 100 cm³/mol. The number of benzene rings is 1. The molecule has 6 heteroatoms. The number of hydrogen-bond donors (Lipinski definition) is 1. The third-order valence-corrected chi connectivity index (χ3v) is 5.21. The van der Waals surface area contributed by atoms with Gasteiger partial charge in [-0.1, -0.05) is 18.2 Å². The fraction of sp³-hybridized carbons (Fsp3) is 0.632. The number of para-hydroxylation sites is 1. The minimum Gasteiger partial charge on any atom is -0.379 e. The summed E-state index contributed by atoms with van der Waals surface area (Å²) in [6.45, 7) is 9.03. The number of hydrogen-bond acceptors (Lipinski definition) is 4. The Morgan fingerprint density at radius 3 is 2.84 bits per heavy atom. The first-order valence-electron chi connectivity index (χ1n) is 9.29. The summed E-state index contributed by atoms with van der Waals surface area (Å²) in [5.41, 5.74) is 2.72. The second kappa shape index (κ2) is 8.54. The number of likely N-dealkylation sites (N-methyl/N-ethyl adjacent to an activating group) is 1. The number of morpholine rings is 1. The lowest BCUT2D eigenvalue weighted by molar-refractivity contribution is 0.0357. The van der Waals surface area contributed by atoms with Crippen molar-refractivity contribution in [1.29, 1.82) is 0 Å². The summed E-state index contributed by atoms with van der Waals surface area (Å²) in [6, 6.07) is 8.85. The molecule has 2 aliphatic heterocycles. The molecular weight excluding hydrogens is 316 g/mol. The second-order valence-corrected chi connectivity index (χ2v) is 6.98. The average Bonchev–Trinajstić information content (AvgIpc) is 3.09. The Morgan fingerprint density at radius 2 is 2.04 bits per heavy atom. The molecule has 2 heterocycles. The molecule has 2 amide bonds. The molecule has 6 nitrogen and oxygen atoms in total. The van der Waals surface area contributed by atoms with Crippen molar-refractivity contribution in [3.8, 4) is 0 Å². The van der Waals surface area contributed by atoms with E-state index in [0.29, 0.717) is 12.6 Å². The number of fused-ring (bicyclic) bond motifs is 1. The normalized spacial score (nSPS) is 18.7. The molecular formula is C19H30N4O2. The molecule has 1 saturated heterocycles. The van der Waals surface area contributed by atoms with E-state index in [-0.39, 0.29) is 6.03 Å². The molecule has 1 aromatic carbocycles. The van der Waals surface area contributed by atoms with Crippen LogP contribution in [0.5, 0.6) is 0 Å². The maximum absolute atomic E-state index is 12.3. The average molecular weight is 346 g/mol. The van der Waals surface area contributed by atoms with Gasteiger partial charge in [0.1, 0.15) is 0 Å². The van der Waals surface area contributed by atoms with Crippen molar-refractivity contribution in [2.45, 2.75) is 19.4 Å². The first kappa shape index (κ1) is 18.0. The van der Waals surface area contributed by atoms with E-state index in [1.54, 1.807) is 4.90 Å². The molecule has 0 unspecified atom stereocenters. The summed E-state index contributed by atoms with van der Waals surface area (Å²) >= 11 is 0. The molecule has 0 bridgehead atoms. The van der Waals surface area contributed by atoms with Crippen molar-refractivity contribution < 1.29 is 9.53 Å². The first-order chi connectivity index (χ1) is 12.1. The van der Waals surface area contributed by atoms with E-state index < -0.39 is 0 Å². The van der Waals surface area contributed by atoms with Gasteiger partial charge in [0.05, 0.1) is 13.2 Å². The summed E-state index contributed by atoms with van der Waals surface area (Å²) in [5.74, 6) is 0. The van der Waals surface area contributed by atoms with Gasteiger partial charge in [0.25, 0.3) is 0 Å². The van der Waals surface area contributed by atoms with Gasteiger partial charge in [-0.15, -0.1) is 0 Å². The zero-order valence-corrected chi connectivity index (χ0v) is 15.4. The Labute approximate surface area is 150 Å². The third-order valence-electron chi connectivity index (χ3n) is 5.21. The molecule has 0 aliphatic carbocycles. The fourth-order valence-corrected chi connectivity index (χ4v) is 3.52. The quantitative estimate of drug-likeness (QED) is 0.846. The van der Waals surface area contributed by atoms with Crippen LogP contribution in [0.1, 0.15) is 12.5 Å². The van der Waals surface area contributed by atoms with E-state index in [4.69, 9.17) is 4.74 Å². The minimum atomic E-state index is 0.00703. The first-order valence-corrected chi connectivity index (χ1v) is 9.29. The maximum atomic E-state index is 12.3. The van der Waals surface area contributed by atoms with E-state index in [1.807, 2.05) is 7.05 Å². The Bertz CT molecular complexity index is 574. The van der Waals surface area contributed by atoms with E-state index in [0.717, 1.165) is 52.4 Å². The molecule has 1 aromatic rings. The van der Waals surface area contributed by atoms with Crippen LogP contribution in [0.25, 0.3) is 0 Å². The van der Waals surface area contributed by atoms with Gasteiger partial charge in [-0.2, -0.15) is 0 Å². The molecule has 25 heavy (non-hydrogen) atoms. The Morgan fingerprint density at radius 1 is 1.28 bits per heavy atom. The van der Waals surface area contributed by atoms with Crippen LogP contribution >= 0.6 is 0 Å². The topological polar surface area (TPSA) is 48.1 Å². The van der Waals surface area contributed by atoms with E-state index in [9.17, 15) is 4.79 Å². The molecule has 3 rings (SSSR count). The van der Waals surface area contributed by atoms with Crippen LogP contribution in [0.3, 0.4) is 0 Å². The molecule has 0 aromatic heterocycles. The number of carbonyl (C=O) groups excluding carboxylic acids is 1. The molecule has 138 valence electrons. The molecule has 0 saturated carbocycles. The van der Waals surface area contributed by atoms with Crippen molar-refractivity contribution in [2.24, 2.45) is 0 Å². The fourth-order valence-electron chi connectivity index (χ4n) is 3.52. The van der Waals surface area contributed by atoms with Crippen molar-refractivity contribution in [2.75, 3.05) is 64.4 Å². The zero-order valence-electron chi connectivity index (χ0n) is 15.4. The minimum absolute atomic E-state index is 0.00703. The number of urea groups is 1. The Balaban J connectivity index is 1.41. The third kappa shape index (κ3) is 4.64. The van der Waals surface area contributed by atoms with Gasteiger partial charge in [-0.3, -0.25) is 4.90 Å². The van der Waals surface area contributed by atoms with Crippen LogP contribution in [0.4, 0.5) is 10.5 Å². The largest absolute Gasteiger partial charge is 0.379 e. The van der Waals surface area contributed by atoms with Gasteiger partial charge in [0.2, 0.25) is 0 Å². The smallest absolute Gasteiger partial charge is 0.317 e. The van der Waals surface area contributed by atoms with Gasteiger partial charge in [-0.25, -0.2) is 4.79 Å². The van der Waals surface area contributed by atoms with Crippen LogP contribution in [-0.2, 0) is 11.2 Å². The highest BCUT2D eigenvalue weighted by molar-refractivity contribution is 5.74. The summed E-state index contributed by atoms with van der Waals surface area (Å²) in [4.78, 5) is 18.8. The number of anilines is 1. The lowest BCUT2D eigenvalue weighted by atomic mass is 10.2. The number of nitrogens with zero attached hydrogens (tertiary/aromatic N) is 3. The van der Waals surface area contributed by atoms with E-state index in [1.165, 1.54) is 11.3 Å². The lowest BCUT2D eigenvalue weighted by Crippen LogP contribution is -2.47. The summed E-state index contributed by atoms with van der Waals surface area (Å²) in [5, 5.41) is 3.08. The molecule has 0 radical (unpaired) electrons. The SMILES string of the molecule is C[C@@H](CNC(=O)N(C)CCN1CCOCC1)N1CCc2ccccc21. The highest BCUT2D eigenvalue weighted by Gasteiger charge is 2.23. The molecule has 1 atom stereocenters. The number of carbonyl (C=O) groups is 1.